The van der Waals surface area contributed by atoms with Crippen molar-refractivity contribution in [2.75, 3.05) is 0 Å². The van der Waals surface area contributed by atoms with E-state index in [9.17, 15) is 0 Å². The van der Waals surface area contributed by atoms with Crippen molar-refractivity contribution in [3.63, 3.8) is 0 Å². The van der Waals surface area contributed by atoms with E-state index in [1.165, 1.54) is 0 Å². The zero-order valence-electron chi connectivity index (χ0n) is 0.855. The molecule has 0 aliphatic heterocycles. The fourth-order valence-electron chi connectivity index (χ4n) is 0. The fourth-order valence-corrected chi connectivity index (χ4v) is 0. The molecule has 0 aliphatic carbocycles. The first kappa shape index (κ1) is 15.7. The van der Waals surface area contributed by atoms with Crippen LogP contribution in [0.4, 0.5) is 0 Å². The Hall–Kier alpha value is 3.44. The average Bonchev–Trinajstić information content (AvgIpc) is 1.00. The molecule has 0 heterocycles. The number of hydrogen-bond donors (Lipinski definition) is 0. The summed E-state index contributed by atoms with van der Waals surface area (Å²) in [4.78, 5) is 0. The van der Waals surface area contributed by atoms with Gasteiger partial charge in [0.25, 0.3) is 0 Å². The molecule has 0 fully saturated rings. The van der Waals surface area contributed by atoms with E-state index in [1.807, 2.05) is 0 Å². The van der Waals surface area contributed by atoms with Crippen molar-refractivity contribution in [2.24, 2.45) is 0 Å². The first-order chi connectivity index (χ1) is 1.00. The van der Waals surface area contributed by atoms with Gasteiger partial charge in [0.2, 0.25) is 0 Å². The van der Waals surface area contributed by atoms with E-state index in [1.54, 1.807) is 0 Å². The molecule has 0 saturated heterocycles. The second kappa shape index (κ2) is 16.1. The Morgan fingerprint density at radius 2 is 1.25 bits per heavy atom. The Bertz CT molecular complexity index is 8.00. The molecule has 0 aromatic rings. The molecule has 1 nitrogen and oxygen atoms in total. The molecule has 4 heavy (non-hydrogen) atoms. The van der Waals surface area contributed by atoms with Gasteiger partial charge in [-0.15, -0.1) is 0 Å². The van der Waals surface area contributed by atoms with Gasteiger partial charge in [0.1, 0.15) is 0 Å². The van der Waals surface area contributed by atoms with E-state index in [0.717, 1.165) is 0 Å². The van der Waals surface area contributed by atoms with Crippen LogP contribution in [0.25, 0.3) is 0 Å². The Morgan fingerprint density at radius 1 is 1.25 bits per heavy atom. The van der Waals surface area contributed by atoms with Gasteiger partial charge in [0, 0.05) is 0 Å². The van der Waals surface area contributed by atoms with Gasteiger partial charge in [0.15, 0.2) is 0 Å². The van der Waals surface area contributed by atoms with Gasteiger partial charge in [0.05, 0.1) is 0 Å². The Morgan fingerprint density at radius 3 is 1.25 bits per heavy atom. The molecule has 0 amide bonds. The van der Waals surface area contributed by atoms with Gasteiger partial charge < -0.3 is 0 Å². The summed E-state index contributed by atoms with van der Waals surface area (Å²) in [5.74, 6) is 0. The van der Waals surface area contributed by atoms with Crippen LogP contribution in [0.15, 0.2) is 0 Å². The predicted octanol–water partition coefficient (Wildman–Crippen LogP) is -1.69. The SMILES string of the molecule is [CaH2].[KH].[O]=[Nb]. The van der Waals surface area contributed by atoms with Crippen LogP contribution >= 0.6 is 0 Å². The van der Waals surface area contributed by atoms with Gasteiger partial charge >= 0.3 is 113 Å². The fraction of sp³-hybridized carbons (Fsp3) is 0. The van der Waals surface area contributed by atoms with Gasteiger partial charge in [-0.1, -0.05) is 0 Å². The van der Waals surface area contributed by atoms with Gasteiger partial charge in [-0.2, -0.15) is 0 Å². The summed E-state index contributed by atoms with van der Waals surface area (Å²) in [6, 6.07) is 0. The normalized spacial score (nSPS) is 0.750. The maximum atomic E-state index is 8.30. The summed E-state index contributed by atoms with van der Waals surface area (Å²) in [6.45, 7) is 0. The van der Waals surface area contributed by atoms with Crippen molar-refractivity contribution >= 4 is 89.1 Å². The second-order valence-electron chi connectivity index (χ2n) is 0. The minimum atomic E-state index is 0. The maximum absolute atomic E-state index is 8.30. The van der Waals surface area contributed by atoms with Crippen molar-refractivity contribution in [1.82, 2.24) is 0 Å². The first-order valence-electron chi connectivity index (χ1n) is 0.183. The Kier molecular flexibility index (Phi) is 63.0. The summed E-state index contributed by atoms with van der Waals surface area (Å²) in [6.07, 6.45) is 0. The van der Waals surface area contributed by atoms with Gasteiger partial charge in [-0.05, 0) is 0 Å². The molecule has 0 rings (SSSR count). The molecule has 0 spiro atoms. The quantitative estimate of drug-likeness (QED) is 0.418. The standard InChI is InChI=1S/Ca.K.Nb.O.3H. The van der Waals surface area contributed by atoms with Crippen LogP contribution in [0, 0.1) is 0 Å². The summed E-state index contributed by atoms with van der Waals surface area (Å²) < 4.78 is 8.30. The predicted molar refractivity (Wildman–Crippen MR) is 16.4 cm³/mol. The molecule has 0 aromatic carbocycles. The molecular formula is H3CaKNbO. The van der Waals surface area contributed by atoms with E-state index in [4.69, 9.17) is 3.25 Å². The van der Waals surface area contributed by atoms with Crippen molar-refractivity contribution in [2.45, 2.75) is 0 Å². The molecule has 4 heteroatoms. The molecule has 17 valence electrons. The Labute approximate surface area is 110 Å². The summed E-state index contributed by atoms with van der Waals surface area (Å²) >= 11 is 0.500. The van der Waals surface area contributed by atoms with Crippen LogP contribution in [-0.4, -0.2) is 89.1 Å². The van der Waals surface area contributed by atoms with E-state index in [2.05, 4.69) is 0 Å². The van der Waals surface area contributed by atoms with Crippen LogP contribution in [0.5, 0.6) is 0 Å². The minimum absolute atomic E-state index is 0. The van der Waals surface area contributed by atoms with Crippen molar-refractivity contribution in [1.29, 1.82) is 0 Å². The van der Waals surface area contributed by atoms with Crippen molar-refractivity contribution in [3.05, 3.63) is 0 Å². The molecule has 0 radical (unpaired) electrons. The average molecular weight is 191 g/mol. The molecule has 0 N–H and O–H groups in total. The first-order valence-corrected chi connectivity index (χ1v) is 1.08. The summed E-state index contributed by atoms with van der Waals surface area (Å²) in [7, 11) is 0. The van der Waals surface area contributed by atoms with Crippen LogP contribution in [0.2, 0.25) is 0 Å². The van der Waals surface area contributed by atoms with Crippen molar-refractivity contribution in [3.8, 4) is 0 Å². The van der Waals surface area contributed by atoms with E-state index < -0.39 is 0 Å². The third-order valence-electron chi connectivity index (χ3n) is 0. The monoisotopic (exact) mass is 191 g/mol. The van der Waals surface area contributed by atoms with E-state index >= 15 is 0 Å². The van der Waals surface area contributed by atoms with Crippen molar-refractivity contribution < 1.29 is 24.3 Å². The molecule has 0 aliphatic rings. The van der Waals surface area contributed by atoms with E-state index in [-0.39, 0.29) is 89.1 Å². The van der Waals surface area contributed by atoms with E-state index in [0.29, 0.717) is 21.0 Å². The number of rotatable bonds is 0. The summed E-state index contributed by atoms with van der Waals surface area (Å²) in [5.41, 5.74) is 0. The third-order valence-corrected chi connectivity index (χ3v) is 0. The number of hydrogen-bond acceptors (Lipinski definition) is 1. The van der Waals surface area contributed by atoms with Crippen LogP contribution < -0.4 is 0 Å². The zero-order chi connectivity index (χ0) is 2.00. The Balaban J connectivity index is -0.00000000500. The molecule has 0 aromatic heterocycles. The molecule has 0 bridgehead atoms. The third kappa shape index (κ3) is 9.06. The molecular weight excluding hydrogens is 188 g/mol. The second-order valence-corrected chi connectivity index (χ2v) is 0. The summed E-state index contributed by atoms with van der Waals surface area (Å²) in [5, 5.41) is 0. The van der Waals surface area contributed by atoms with Gasteiger partial charge in [-0.3, -0.25) is 0 Å². The van der Waals surface area contributed by atoms with Crippen LogP contribution in [-0.2, 0) is 24.3 Å². The topological polar surface area (TPSA) is 17.1 Å². The molecule has 0 saturated carbocycles. The zero-order valence-corrected chi connectivity index (χ0v) is 3.05. The van der Waals surface area contributed by atoms with Crippen LogP contribution in [0.3, 0.4) is 0 Å². The van der Waals surface area contributed by atoms with Gasteiger partial charge in [-0.25, -0.2) is 0 Å². The van der Waals surface area contributed by atoms with Crippen LogP contribution in [0.1, 0.15) is 0 Å². The molecule has 0 unspecified atom stereocenters. The molecule has 0 atom stereocenters.